The van der Waals surface area contributed by atoms with E-state index in [9.17, 15) is 23.3 Å². The molecule has 0 heterocycles. The highest BCUT2D eigenvalue weighted by Gasteiger charge is 2.28. The average Bonchev–Trinajstić information content (AvgIpc) is 2.55. The van der Waals surface area contributed by atoms with E-state index in [1.165, 1.54) is 19.2 Å². The third-order valence-corrected chi connectivity index (χ3v) is 5.59. The molecule has 0 amide bonds. The fraction of sp³-hybridized carbons (Fsp3) is 0.500. The highest BCUT2D eigenvalue weighted by atomic mass is 32.2. The van der Waals surface area contributed by atoms with Gasteiger partial charge in [-0.2, -0.15) is 0 Å². The summed E-state index contributed by atoms with van der Waals surface area (Å²) in [5, 5.41) is 23.3. The average molecular weight is 357 g/mol. The monoisotopic (exact) mass is 357 g/mol. The van der Waals surface area contributed by atoms with Crippen molar-refractivity contribution in [2.45, 2.75) is 36.6 Å². The second-order valence-corrected chi connectivity index (χ2v) is 7.56. The van der Waals surface area contributed by atoms with E-state index in [1.807, 2.05) is 0 Å². The molecule has 2 rings (SSSR count). The third-order valence-electron chi connectivity index (χ3n) is 4.18. The maximum absolute atomic E-state index is 11.8. The second kappa shape index (κ2) is 7.14. The van der Waals surface area contributed by atoms with Gasteiger partial charge in [0, 0.05) is 12.1 Å². The second-order valence-electron chi connectivity index (χ2n) is 5.67. The van der Waals surface area contributed by atoms with E-state index < -0.39 is 20.9 Å². The van der Waals surface area contributed by atoms with Gasteiger partial charge in [0.15, 0.2) is 0 Å². The van der Waals surface area contributed by atoms with Crippen molar-refractivity contribution in [3.05, 3.63) is 28.3 Å². The number of carbonyl (C=O) groups is 1. The first kappa shape index (κ1) is 18.1. The predicted octanol–water partition coefficient (Wildman–Crippen LogP) is 1.56. The molecule has 1 saturated carbocycles. The molecule has 132 valence electrons. The summed E-state index contributed by atoms with van der Waals surface area (Å²) in [6, 6.07) is 3.60. The number of nitro groups is 1. The van der Waals surface area contributed by atoms with E-state index in [2.05, 4.69) is 10.0 Å². The molecule has 1 aliphatic rings. The third kappa shape index (κ3) is 4.01. The van der Waals surface area contributed by atoms with Gasteiger partial charge < -0.3 is 10.4 Å². The Kier molecular flexibility index (Phi) is 5.40. The van der Waals surface area contributed by atoms with Gasteiger partial charge in [0.05, 0.1) is 15.7 Å². The summed E-state index contributed by atoms with van der Waals surface area (Å²) in [4.78, 5) is 21.4. The molecule has 0 radical (unpaired) electrons. The van der Waals surface area contributed by atoms with Gasteiger partial charge in [-0.25, -0.2) is 13.1 Å². The summed E-state index contributed by atoms with van der Waals surface area (Å²) in [5.74, 6) is -1.19. The number of nitro benzene ring substituents is 1. The number of hydrogen-bond acceptors (Lipinski definition) is 6. The Hall–Kier alpha value is -2.20. The van der Waals surface area contributed by atoms with Crippen LogP contribution in [0.5, 0.6) is 0 Å². The van der Waals surface area contributed by atoms with Crippen LogP contribution in [-0.4, -0.2) is 37.5 Å². The molecule has 1 aliphatic carbocycles. The number of anilines is 1. The molecule has 1 aromatic carbocycles. The first-order valence-corrected chi connectivity index (χ1v) is 8.94. The van der Waals surface area contributed by atoms with Gasteiger partial charge in [-0.15, -0.1) is 0 Å². The summed E-state index contributed by atoms with van der Waals surface area (Å²) in [6.07, 6.45) is 2.19. The SMILES string of the molecule is CNS(=O)(=O)c1ccc(NC2CCC(C(=O)O)CC2)c([N+](=O)[O-])c1. The Balaban J connectivity index is 2.19. The fourth-order valence-electron chi connectivity index (χ4n) is 2.77. The van der Waals surface area contributed by atoms with E-state index >= 15 is 0 Å². The van der Waals surface area contributed by atoms with E-state index in [4.69, 9.17) is 5.11 Å². The Bertz CT molecular complexity index is 741. The minimum Gasteiger partial charge on any atom is -0.481 e. The Morgan fingerprint density at radius 1 is 1.29 bits per heavy atom. The van der Waals surface area contributed by atoms with Crippen molar-refractivity contribution in [3.8, 4) is 0 Å². The van der Waals surface area contributed by atoms with Gasteiger partial charge >= 0.3 is 5.97 Å². The van der Waals surface area contributed by atoms with Crippen LogP contribution >= 0.6 is 0 Å². The highest BCUT2D eigenvalue weighted by Crippen LogP contribution is 2.32. The molecule has 9 nitrogen and oxygen atoms in total. The summed E-state index contributed by atoms with van der Waals surface area (Å²) in [5.41, 5.74) is -0.0967. The van der Waals surface area contributed by atoms with Gasteiger partial charge in [-0.3, -0.25) is 14.9 Å². The smallest absolute Gasteiger partial charge is 0.306 e. The van der Waals surface area contributed by atoms with E-state index in [1.54, 1.807) is 0 Å². The zero-order valence-electron chi connectivity index (χ0n) is 13.1. The molecule has 0 atom stereocenters. The van der Waals surface area contributed by atoms with Gasteiger partial charge in [0.2, 0.25) is 10.0 Å². The number of benzene rings is 1. The van der Waals surface area contributed by atoms with Gasteiger partial charge in [-0.1, -0.05) is 0 Å². The fourth-order valence-corrected chi connectivity index (χ4v) is 3.52. The molecule has 10 heteroatoms. The largest absolute Gasteiger partial charge is 0.481 e. The topological polar surface area (TPSA) is 139 Å². The molecule has 0 aromatic heterocycles. The Morgan fingerprint density at radius 3 is 2.42 bits per heavy atom. The van der Waals surface area contributed by atoms with Crippen molar-refractivity contribution >= 4 is 27.4 Å². The van der Waals surface area contributed by atoms with Crippen LogP contribution in [0.4, 0.5) is 11.4 Å². The van der Waals surface area contributed by atoms with Crippen LogP contribution in [0.15, 0.2) is 23.1 Å². The van der Waals surface area contributed by atoms with Gasteiger partial charge in [0.1, 0.15) is 5.69 Å². The van der Waals surface area contributed by atoms with E-state index in [0.29, 0.717) is 25.7 Å². The normalized spacial score (nSPS) is 21.2. The minimum atomic E-state index is -3.77. The molecule has 0 spiro atoms. The van der Waals surface area contributed by atoms with Crippen molar-refractivity contribution in [1.82, 2.24) is 4.72 Å². The molecule has 1 aromatic rings. The number of hydrogen-bond donors (Lipinski definition) is 3. The van der Waals surface area contributed by atoms with Gasteiger partial charge in [0.25, 0.3) is 5.69 Å². The first-order valence-electron chi connectivity index (χ1n) is 7.46. The van der Waals surface area contributed by atoms with Crippen molar-refractivity contribution in [3.63, 3.8) is 0 Å². The number of aliphatic carboxylic acids is 1. The van der Waals surface area contributed by atoms with Crippen LogP contribution in [0.1, 0.15) is 25.7 Å². The van der Waals surface area contributed by atoms with Crippen molar-refractivity contribution in [2.75, 3.05) is 12.4 Å². The summed E-state index contributed by atoms with van der Waals surface area (Å²) in [6.45, 7) is 0. The molecule has 3 N–H and O–H groups in total. The van der Waals surface area contributed by atoms with Crippen LogP contribution in [0.3, 0.4) is 0 Å². The molecular formula is C14H19N3O6S. The highest BCUT2D eigenvalue weighted by molar-refractivity contribution is 7.89. The standard InChI is InChI=1S/C14H19N3O6S/c1-15-24(22,23)11-6-7-12(13(8-11)17(20)21)16-10-4-2-9(3-5-10)14(18)19/h6-10,15-16H,2-5H2,1H3,(H,18,19). The van der Waals surface area contributed by atoms with Crippen LogP contribution < -0.4 is 10.0 Å². The zero-order valence-corrected chi connectivity index (χ0v) is 13.9. The number of nitrogens with zero attached hydrogens (tertiary/aromatic N) is 1. The first-order chi connectivity index (χ1) is 11.2. The molecule has 1 fully saturated rings. The van der Waals surface area contributed by atoms with Crippen LogP contribution in [-0.2, 0) is 14.8 Å². The Labute approximate surface area is 139 Å². The minimum absolute atomic E-state index is 0.0777. The molecule has 0 aliphatic heterocycles. The predicted molar refractivity (Wildman–Crippen MR) is 86.3 cm³/mol. The maximum Gasteiger partial charge on any atom is 0.306 e. The van der Waals surface area contributed by atoms with Crippen LogP contribution in [0.25, 0.3) is 0 Å². The lowest BCUT2D eigenvalue weighted by Gasteiger charge is -2.27. The van der Waals surface area contributed by atoms with Crippen LogP contribution in [0.2, 0.25) is 0 Å². The summed E-state index contributed by atoms with van der Waals surface area (Å²) in [7, 11) is -2.54. The lowest BCUT2D eigenvalue weighted by atomic mass is 9.86. The number of nitrogens with one attached hydrogen (secondary N) is 2. The number of sulfonamides is 1. The zero-order chi connectivity index (χ0) is 17.9. The number of carboxylic acid groups (broad SMARTS) is 1. The Morgan fingerprint density at radius 2 is 1.92 bits per heavy atom. The van der Waals surface area contributed by atoms with Gasteiger partial charge in [-0.05, 0) is 44.9 Å². The maximum atomic E-state index is 11.8. The molecule has 24 heavy (non-hydrogen) atoms. The number of carboxylic acids is 1. The lowest BCUT2D eigenvalue weighted by molar-refractivity contribution is -0.384. The molecule has 0 unspecified atom stereocenters. The van der Waals surface area contributed by atoms with Crippen LogP contribution in [0, 0.1) is 16.0 Å². The van der Waals surface area contributed by atoms with E-state index in [-0.39, 0.29) is 28.2 Å². The van der Waals surface area contributed by atoms with Crippen molar-refractivity contribution in [1.29, 1.82) is 0 Å². The summed E-state index contributed by atoms with van der Waals surface area (Å²) < 4.78 is 25.6. The lowest BCUT2D eigenvalue weighted by Crippen LogP contribution is -2.29. The van der Waals surface area contributed by atoms with Crippen molar-refractivity contribution in [2.24, 2.45) is 5.92 Å². The van der Waals surface area contributed by atoms with E-state index in [0.717, 1.165) is 6.07 Å². The quantitative estimate of drug-likeness (QED) is 0.518. The van der Waals surface area contributed by atoms with Crippen molar-refractivity contribution < 1.29 is 23.2 Å². The molecule has 0 bridgehead atoms. The molecular weight excluding hydrogens is 338 g/mol. The number of rotatable bonds is 6. The summed E-state index contributed by atoms with van der Waals surface area (Å²) >= 11 is 0. The molecule has 0 saturated heterocycles.